The molecule has 0 radical (unpaired) electrons. The van der Waals surface area contributed by atoms with E-state index in [0.29, 0.717) is 54.5 Å². The average molecular weight is 504 g/mol. The predicted octanol–water partition coefficient (Wildman–Crippen LogP) is 3.98. The van der Waals surface area contributed by atoms with Gasteiger partial charge in [0.05, 0.1) is 32.2 Å². The number of amides is 1. The van der Waals surface area contributed by atoms with E-state index in [4.69, 9.17) is 14.2 Å². The van der Waals surface area contributed by atoms with E-state index in [-0.39, 0.29) is 11.3 Å². The topological polar surface area (TPSA) is 103 Å². The van der Waals surface area contributed by atoms with Crippen LogP contribution in [0.2, 0.25) is 0 Å². The number of Topliss-reactive ketones (excluding diaryl/α,β-unsaturated/α-hetero) is 1. The molecule has 37 heavy (non-hydrogen) atoms. The van der Waals surface area contributed by atoms with Gasteiger partial charge >= 0.3 is 0 Å². The standard InChI is InChI=1S/C28H29N3O6/c1-4-16-37-21-9-6-19(7-10-21)26(32)24-25(20-8-11-22(35-2)23(17-20)36-3)31(28(34)27(24)33)14-5-13-30-15-12-29-18-30/h4,6-12,15,17-18,25,32H,1,5,13-14,16H2,2-3H3. The van der Waals surface area contributed by atoms with E-state index >= 15 is 0 Å². The molecule has 2 aromatic carbocycles. The van der Waals surface area contributed by atoms with E-state index in [1.165, 1.54) is 19.1 Å². The Hall–Kier alpha value is -4.53. The van der Waals surface area contributed by atoms with Gasteiger partial charge in [0, 0.05) is 31.0 Å². The number of ketones is 1. The Morgan fingerprint density at radius 3 is 2.49 bits per heavy atom. The van der Waals surface area contributed by atoms with Crippen molar-refractivity contribution in [3.63, 3.8) is 0 Å². The predicted molar refractivity (Wildman–Crippen MR) is 138 cm³/mol. The van der Waals surface area contributed by atoms with Gasteiger partial charge in [0.25, 0.3) is 11.7 Å². The van der Waals surface area contributed by atoms with E-state index < -0.39 is 17.7 Å². The smallest absolute Gasteiger partial charge is 0.295 e. The van der Waals surface area contributed by atoms with Crippen molar-refractivity contribution in [3.05, 3.63) is 90.5 Å². The lowest BCUT2D eigenvalue weighted by Gasteiger charge is -2.26. The third kappa shape index (κ3) is 5.35. The van der Waals surface area contributed by atoms with Gasteiger partial charge in [0.15, 0.2) is 11.5 Å². The Kier molecular flexibility index (Phi) is 7.92. The van der Waals surface area contributed by atoms with Crippen molar-refractivity contribution >= 4 is 17.4 Å². The molecule has 0 saturated carbocycles. The van der Waals surface area contributed by atoms with Crippen LogP contribution in [0.15, 0.2) is 79.4 Å². The summed E-state index contributed by atoms with van der Waals surface area (Å²) >= 11 is 0. The molecule has 192 valence electrons. The maximum absolute atomic E-state index is 13.3. The van der Waals surface area contributed by atoms with Gasteiger partial charge in [0.1, 0.15) is 18.1 Å². The van der Waals surface area contributed by atoms with Gasteiger partial charge in [-0.1, -0.05) is 18.7 Å². The van der Waals surface area contributed by atoms with Crippen LogP contribution in [0.1, 0.15) is 23.6 Å². The van der Waals surface area contributed by atoms with E-state index in [1.54, 1.807) is 61.1 Å². The number of aliphatic hydroxyl groups excluding tert-OH is 1. The van der Waals surface area contributed by atoms with Crippen molar-refractivity contribution in [1.82, 2.24) is 14.5 Å². The van der Waals surface area contributed by atoms with Gasteiger partial charge in [-0.05, 0) is 48.4 Å². The highest BCUT2D eigenvalue weighted by Crippen LogP contribution is 2.42. The second-order valence-corrected chi connectivity index (χ2v) is 8.39. The summed E-state index contributed by atoms with van der Waals surface area (Å²) in [5, 5.41) is 11.3. The molecule has 0 bridgehead atoms. The van der Waals surface area contributed by atoms with Gasteiger partial charge in [-0.15, -0.1) is 0 Å². The number of aliphatic hydroxyl groups is 1. The second-order valence-electron chi connectivity index (χ2n) is 8.39. The van der Waals surface area contributed by atoms with E-state index in [1.807, 2.05) is 10.8 Å². The number of carbonyl (C=O) groups excluding carboxylic acids is 2. The van der Waals surface area contributed by atoms with E-state index in [0.717, 1.165) is 0 Å². The molecule has 9 nitrogen and oxygen atoms in total. The van der Waals surface area contributed by atoms with Crippen LogP contribution in [0.25, 0.3) is 5.76 Å². The van der Waals surface area contributed by atoms with E-state index in [9.17, 15) is 14.7 Å². The van der Waals surface area contributed by atoms with Crippen molar-refractivity contribution in [2.75, 3.05) is 27.4 Å². The molecule has 1 saturated heterocycles. The molecule has 1 aromatic heterocycles. The molecular formula is C28H29N3O6. The summed E-state index contributed by atoms with van der Waals surface area (Å²) in [5.74, 6) is -0.116. The summed E-state index contributed by atoms with van der Waals surface area (Å²) in [5.41, 5.74) is 1.03. The number of carbonyl (C=O) groups is 2. The highest BCUT2D eigenvalue weighted by molar-refractivity contribution is 6.46. The van der Waals surface area contributed by atoms with Crippen LogP contribution in [-0.4, -0.2) is 58.6 Å². The first-order valence-electron chi connectivity index (χ1n) is 11.8. The number of ether oxygens (including phenoxy) is 3. The second kappa shape index (κ2) is 11.5. The largest absolute Gasteiger partial charge is 0.507 e. The van der Waals surface area contributed by atoms with Gasteiger partial charge in [0.2, 0.25) is 0 Å². The number of hydrogen-bond acceptors (Lipinski definition) is 7. The Labute approximate surface area is 215 Å². The normalized spacial score (nSPS) is 16.6. The van der Waals surface area contributed by atoms with Gasteiger partial charge in [-0.25, -0.2) is 4.98 Å². The minimum absolute atomic E-state index is 0.0135. The number of likely N-dealkylation sites (tertiary alicyclic amines) is 1. The van der Waals surface area contributed by atoms with Crippen molar-refractivity contribution in [2.45, 2.75) is 19.0 Å². The van der Waals surface area contributed by atoms with Crippen molar-refractivity contribution in [3.8, 4) is 17.2 Å². The molecule has 3 aromatic rings. The SMILES string of the molecule is C=CCOc1ccc(C(O)=C2C(=O)C(=O)N(CCCn3ccnc3)C2c2ccc(OC)c(OC)c2)cc1. The van der Waals surface area contributed by atoms with Crippen LogP contribution in [0.3, 0.4) is 0 Å². The molecule has 9 heteroatoms. The van der Waals surface area contributed by atoms with Gasteiger partial charge < -0.3 is 28.8 Å². The minimum Gasteiger partial charge on any atom is -0.507 e. The highest BCUT2D eigenvalue weighted by Gasteiger charge is 2.46. The third-order valence-electron chi connectivity index (χ3n) is 6.13. The number of aryl methyl sites for hydroxylation is 1. The number of rotatable bonds is 11. The fraction of sp³-hybridized carbons (Fsp3) is 0.250. The van der Waals surface area contributed by atoms with Crippen LogP contribution in [0.5, 0.6) is 17.2 Å². The monoisotopic (exact) mass is 503 g/mol. The number of nitrogens with zero attached hydrogens (tertiary/aromatic N) is 3. The quantitative estimate of drug-likeness (QED) is 0.183. The van der Waals surface area contributed by atoms with E-state index in [2.05, 4.69) is 11.6 Å². The maximum Gasteiger partial charge on any atom is 0.295 e. The first-order chi connectivity index (χ1) is 18.0. The minimum atomic E-state index is -0.806. The molecule has 1 aliphatic rings. The Morgan fingerprint density at radius 1 is 1.08 bits per heavy atom. The highest BCUT2D eigenvalue weighted by atomic mass is 16.5. The summed E-state index contributed by atoms with van der Waals surface area (Å²) in [4.78, 5) is 32.0. The molecule has 2 heterocycles. The lowest BCUT2D eigenvalue weighted by molar-refractivity contribution is -0.139. The molecule has 0 aliphatic carbocycles. The molecule has 1 N–H and O–H groups in total. The third-order valence-corrected chi connectivity index (χ3v) is 6.13. The van der Waals surface area contributed by atoms with Crippen LogP contribution in [-0.2, 0) is 16.1 Å². The number of benzene rings is 2. The molecule has 1 atom stereocenters. The fourth-order valence-corrected chi connectivity index (χ4v) is 4.34. The molecule has 1 aliphatic heterocycles. The molecule has 1 amide bonds. The molecule has 4 rings (SSSR count). The number of imidazole rings is 1. The van der Waals surface area contributed by atoms with Gasteiger partial charge in [-0.3, -0.25) is 9.59 Å². The molecule has 1 fully saturated rings. The summed E-state index contributed by atoms with van der Waals surface area (Å²) in [6.07, 6.45) is 7.43. The summed E-state index contributed by atoms with van der Waals surface area (Å²) < 4.78 is 18.2. The number of methoxy groups -OCH3 is 2. The number of hydrogen-bond donors (Lipinski definition) is 1. The van der Waals surface area contributed by atoms with Crippen LogP contribution in [0, 0.1) is 0 Å². The average Bonchev–Trinajstić information content (AvgIpc) is 3.53. The van der Waals surface area contributed by atoms with Crippen molar-refractivity contribution < 1.29 is 28.9 Å². The zero-order valence-corrected chi connectivity index (χ0v) is 20.8. The lowest BCUT2D eigenvalue weighted by atomic mass is 9.95. The summed E-state index contributed by atoms with van der Waals surface area (Å²) in [6, 6.07) is 11.1. The zero-order valence-electron chi connectivity index (χ0n) is 20.8. The van der Waals surface area contributed by atoms with Crippen LogP contribution < -0.4 is 14.2 Å². The number of aromatic nitrogens is 2. The Bertz CT molecular complexity index is 1300. The zero-order chi connectivity index (χ0) is 26.4. The van der Waals surface area contributed by atoms with Gasteiger partial charge in [-0.2, -0.15) is 0 Å². The maximum atomic E-state index is 13.3. The molecule has 1 unspecified atom stereocenters. The molecule has 0 spiro atoms. The van der Waals surface area contributed by atoms with Crippen LogP contribution in [0.4, 0.5) is 0 Å². The Morgan fingerprint density at radius 2 is 1.84 bits per heavy atom. The fourth-order valence-electron chi connectivity index (χ4n) is 4.34. The first-order valence-corrected chi connectivity index (χ1v) is 11.8. The first kappa shape index (κ1) is 25.6. The summed E-state index contributed by atoms with van der Waals surface area (Å²) in [6.45, 7) is 4.88. The Balaban J connectivity index is 1.74. The molecular weight excluding hydrogens is 474 g/mol. The van der Waals surface area contributed by atoms with Crippen molar-refractivity contribution in [2.24, 2.45) is 0 Å². The summed E-state index contributed by atoms with van der Waals surface area (Å²) in [7, 11) is 3.04. The lowest BCUT2D eigenvalue weighted by Crippen LogP contribution is -2.31. The van der Waals surface area contributed by atoms with Crippen molar-refractivity contribution in [1.29, 1.82) is 0 Å². The van der Waals surface area contributed by atoms with Crippen LogP contribution >= 0.6 is 0 Å².